The minimum atomic E-state index is -0.692. The van der Waals surface area contributed by atoms with Gasteiger partial charge in [0.15, 0.2) is 6.61 Å². The van der Waals surface area contributed by atoms with Crippen LogP contribution in [-0.2, 0) is 19.1 Å². The summed E-state index contributed by atoms with van der Waals surface area (Å²) in [6.45, 7) is 2.62. The Balaban J connectivity index is 1.79. The summed E-state index contributed by atoms with van der Waals surface area (Å²) in [5.41, 5.74) is 0.119. The van der Waals surface area contributed by atoms with Crippen LogP contribution in [0.3, 0.4) is 0 Å². The third-order valence-corrected chi connectivity index (χ3v) is 4.07. The Labute approximate surface area is 144 Å². The van der Waals surface area contributed by atoms with Crippen molar-refractivity contribution in [3.63, 3.8) is 0 Å². The highest BCUT2D eigenvalue weighted by Crippen LogP contribution is 2.19. The predicted molar refractivity (Wildman–Crippen MR) is 85.5 cm³/mol. The second kappa shape index (κ2) is 8.63. The van der Waals surface area contributed by atoms with Gasteiger partial charge in [0.1, 0.15) is 5.15 Å². The smallest absolute Gasteiger partial charge is 0.341 e. The number of nitrogens with zero attached hydrogens (tertiary/aromatic N) is 2. The standard InChI is InChI=1S/C16H19ClN2O5/c1-2-23-15(21)11-5-8-19(9-6-11)13(20)10-24-16(22)12-4-3-7-18-14(12)17/h3-4,7,11H,2,5-6,8-10H2,1H3. The molecule has 8 heteroatoms. The lowest BCUT2D eigenvalue weighted by molar-refractivity contribution is -0.151. The average molecular weight is 355 g/mol. The fourth-order valence-corrected chi connectivity index (χ4v) is 2.66. The lowest BCUT2D eigenvalue weighted by atomic mass is 9.97. The van der Waals surface area contributed by atoms with Crippen LogP contribution in [0, 0.1) is 5.92 Å². The molecule has 1 aliphatic heterocycles. The summed E-state index contributed by atoms with van der Waals surface area (Å²) in [5.74, 6) is -1.39. The molecule has 0 bridgehead atoms. The van der Waals surface area contributed by atoms with Gasteiger partial charge in [-0.25, -0.2) is 9.78 Å². The first-order chi connectivity index (χ1) is 11.5. The second-order valence-corrected chi connectivity index (χ2v) is 5.68. The first-order valence-electron chi connectivity index (χ1n) is 7.75. The number of esters is 2. The lowest BCUT2D eigenvalue weighted by Gasteiger charge is -2.30. The van der Waals surface area contributed by atoms with Crippen molar-refractivity contribution in [2.75, 3.05) is 26.3 Å². The summed E-state index contributed by atoms with van der Waals surface area (Å²) in [7, 11) is 0. The van der Waals surface area contributed by atoms with Crippen LogP contribution in [0.5, 0.6) is 0 Å². The number of ether oxygens (including phenoxy) is 2. The van der Waals surface area contributed by atoms with Crippen molar-refractivity contribution in [2.24, 2.45) is 5.92 Å². The van der Waals surface area contributed by atoms with Crippen LogP contribution in [0.1, 0.15) is 30.1 Å². The molecule has 1 saturated heterocycles. The van der Waals surface area contributed by atoms with Gasteiger partial charge < -0.3 is 14.4 Å². The average Bonchev–Trinajstić information content (AvgIpc) is 2.60. The van der Waals surface area contributed by atoms with Crippen molar-refractivity contribution in [3.8, 4) is 0 Å². The first kappa shape index (κ1) is 18.2. The summed E-state index contributed by atoms with van der Waals surface area (Å²) in [5, 5.41) is 0.0326. The molecule has 2 rings (SSSR count). The molecule has 0 unspecified atom stereocenters. The SMILES string of the molecule is CCOC(=O)C1CCN(C(=O)COC(=O)c2cccnc2Cl)CC1. The van der Waals surface area contributed by atoms with E-state index in [0.717, 1.165) is 0 Å². The van der Waals surface area contributed by atoms with E-state index in [-0.39, 0.29) is 35.1 Å². The van der Waals surface area contributed by atoms with Crippen LogP contribution in [0.25, 0.3) is 0 Å². The summed E-state index contributed by atoms with van der Waals surface area (Å²) < 4.78 is 9.98. The van der Waals surface area contributed by atoms with E-state index in [2.05, 4.69) is 4.98 Å². The number of pyridine rings is 1. The molecule has 0 spiro atoms. The highest BCUT2D eigenvalue weighted by Gasteiger charge is 2.28. The van der Waals surface area contributed by atoms with E-state index < -0.39 is 5.97 Å². The molecule has 0 saturated carbocycles. The number of hydrogen-bond acceptors (Lipinski definition) is 6. The Morgan fingerprint density at radius 3 is 2.62 bits per heavy atom. The summed E-state index contributed by atoms with van der Waals surface area (Å²) in [4.78, 5) is 41.0. The third-order valence-electron chi connectivity index (χ3n) is 3.77. The van der Waals surface area contributed by atoms with Crippen molar-refractivity contribution in [1.29, 1.82) is 0 Å². The molecule has 0 aromatic carbocycles. The van der Waals surface area contributed by atoms with Crippen molar-refractivity contribution in [3.05, 3.63) is 29.0 Å². The van der Waals surface area contributed by atoms with E-state index in [0.29, 0.717) is 32.5 Å². The van der Waals surface area contributed by atoms with Gasteiger partial charge >= 0.3 is 11.9 Å². The number of amides is 1. The molecule has 1 amide bonds. The minimum absolute atomic E-state index is 0.0326. The topological polar surface area (TPSA) is 85.8 Å². The molecule has 1 aliphatic rings. The maximum absolute atomic E-state index is 12.1. The van der Waals surface area contributed by atoms with Gasteiger partial charge in [-0.3, -0.25) is 9.59 Å². The number of hydrogen-bond donors (Lipinski definition) is 0. The van der Waals surface area contributed by atoms with Crippen molar-refractivity contribution >= 4 is 29.4 Å². The molecule has 24 heavy (non-hydrogen) atoms. The van der Waals surface area contributed by atoms with Crippen LogP contribution in [0.2, 0.25) is 5.15 Å². The molecule has 7 nitrogen and oxygen atoms in total. The predicted octanol–water partition coefficient (Wildman–Crippen LogP) is 1.69. The van der Waals surface area contributed by atoms with E-state index in [9.17, 15) is 14.4 Å². The zero-order valence-corrected chi connectivity index (χ0v) is 14.1. The van der Waals surface area contributed by atoms with Gasteiger partial charge in [0.25, 0.3) is 5.91 Å². The van der Waals surface area contributed by atoms with Crippen molar-refractivity contribution < 1.29 is 23.9 Å². The van der Waals surface area contributed by atoms with Gasteiger partial charge in [-0.1, -0.05) is 11.6 Å². The van der Waals surface area contributed by atoms with Gasteiger partial charge in [0.05, 0.1) is 18.1 Å². The van der Waals surface area contributed by atoms with Crippen LogP contribution in [-0.4, -0.2) is 54.0 Å². The van der Waals surface area contributed by atoms with Gasteiger partial charge in [-0.2, -0.15) is 0 Å². The van der Waals surface area contributed by atoms with Gasteiger partial charge in [-0.15, -0.1) is 0 Å². The molecule has 1 aromatic heterocycles. The molecule has 1 fully saturated rings. The summed E-state index contributed by atoms with van der Waals surface area (Å²) in [6.07, 6.45) is 2.55. The lowest BCUT2D eigenvalue weighted by Crippen LogP contribution is -2.42. The fourth-order valence-electron chi connectivity index (χ4n) is 2.46. The highest BCUT2D eigenvalue weighted by atomic mass is 35.5. The van der Waals surface area contributed by atoms with Crippen LogP contribution in [0.15, 0.2) is 18.3 Å². The Morgan fingerprint density at radius 2 is 2.00 bits per heavy atom. The number of halogens is 1. The largest absolute Gasteiger partial charge is 0.466 e. The van der Waals surface area contributed by atoms with E-state index in [4.69, 9.17) is 21.1 Å². The van der Waals surface area contributed by atoms with Crippen molar-refractivity contribution in [2.45, 2.75) is 19.8 Å². The Morgan fingerprint density at radius 1 is 1.29 bits per heavy atom. The number of carbonyl (C=O) groups excluding carboxylic acids is 3. The molecule has 0 atom stereocenters. The fraction of sp³-hybridized carbons (Fsp3) is 0.500. The Kier molecular flexibility index (Phi) is 6.54. The van der Waals surface area contributed by atoms with Gasteiger partial charge in [0.2, 0.25) is 0 Å². The molecule has 1 aromatic rings. The number of piperidine rings is 1. The Hall–Kier alpha value is -2.15. The van der Waals surface area contributed by atoms with Crippen LogP contribution in [0.4, 0.5) is 0 Å². The quantitative estimate of drug-likeness (QED) is 0.591. The molecule has 2 heterocycles. The molecular weight excluding hydrogens is 336 g/mol. The maximum atomic E-state index is 12.1. The normalized spacial score (nSPS) is 15.0. The molecule has 0 N–H and O–H groups in total. The highest BCUT2D eigenvalue weighted by molar-refractivity contribution is 6.32. The maximum Gasteiger partial charge on any atom is 0.341 e. The third kappa shape index (κ3) is 4.67. The molecule has 130 valence electrons. The Bertz CT molecular complexity index is 614. The van der Waals surface area contributed by atoms with Crippen LogP contribution >= 0.6 is 11.6 Å². The number of carbonyl (C=O) groups is 3. The van der Waals surface area contributed by atoms with E-state index in [1.807, 2.05) is 0 Å². The first-order valence-corrected chi connectivity index (χ1v) is 8.12. The second-order valence-electron chi connectivity index (χ2n) is 5.33. The zero-order valence-electron chi connectivity index (χ0n) is 13.4. The minimum Gasteiger partial charge on any atom is -0.466 e. The number of aromatic nitrogens is 1. The molecular formula is C16H19ClN2O5. The van der Waals surface area contributed by atoms with Crippen molar-refractivity contribution in [1.82, 2.24) is 9.88 Å². The zero-order chi connectivity index (χ0) is 17.5. The van der Waals surface area contributed by atoms with Gasteiger partial charge in [-0.05, 0) is 31.9 Å². The molecule has 0 aliphatic carbocycles. The summed E-state index contributed by atoms with van der Waals surface area (Å²) >= 11 is 5.80. The van der Waals surface area contributed by atoms with E-state index in [1.54, 1.807) is 17.9 Å². The monoisotopic (exact) mass is 354 g/mol. The van der Waals surface area contributed by atoms with E-state index >= 15 is 0 Å². The summed E-state index contributed by atoms with van der Waals surface area (Å²) in [6, 6.07) is 3.04. The molecule has 0 radical (unpaired) electrons. The number of likely N-dealkylation sites (tertiary alicyclic amines) is 1. The van der Waals surface area contributed by atoms with Gasteiger partial charge in [0, 0.05) is 19.3 Å². The van der Waals surface area contributed by atoms with Crippen LogP contribution < -0.4 is 0 Å². The van der Waals surface area contributed by atoms with E-state index in [1.165, 1.54) is 12.3 Å². The number of rotatable bonds is 5.